The van der Waals surface area contributed by atoms with Gasteiger partial charge >= 0.3 is 0 Å². The maximum atomic E-state index is 5.62. The summed E-state index contributed by atoms with van der Waals surface area (Å²) in [6.07, 6.45) is 5.73. The van der Waals surface area contributed by atoms with E-state index in [9.17, 15) is 0 Å². The Labute approximate surface area is 91.7 Å². The Morgan fingerprint density at radius 1 is 1.31 bits per heavy atom. The highest BCUT2D eigenvalue weighted by atomic mass is 15.4. The molecule has 0 aromatic carbocycles. The van der Waals surface area contributed by atoms with Crippen molar-refractivity contribution >= 4 is 11.9 Å². The number of hydrogen-bond donors (Lipinski definition) is 2. The van der Waals surface area contributed by atoms with Gasteiger partial charge in [-0.1, -0.05) is 0 Å². The predicted molar refractivity (Wildman–Crippen MR) is 58.0 cm³/mol. The van der Waals surface area contributed by atoms with Gasteiger partial charge in [0.1, 0.15) is 0 Å². The van der Waals surface area contributed by atoms with Crippen LogP contribution in [-0.2, 0) is 0 Å². The topological polar surface area (TPSA) is 94.5 Å². The van der Waals surface area contributed by atoms with Crippen molar-refractivity contribution in [3.63, 3.8) is 0 Å². The number of nitrogen functional groups attached to an aromatic ring is 1. The van der Waals surface area contributed by atoms with E-state index in [0.717, 1.165) is 12.8 Å². The number of nitrogens with two attached hydrogens (primary N) is 1. The van der Waals surface area contributed by atoms with Crippen LogP contribution in [0, 0.1) is 0 Å². The zero-order chi connectivity index (χ0) is 11.0. The van der Waals surface area contributed by atoms with Crippen LogP contribution in [0.3, 0.4) is 0 Å². The van der Waals surface area contributed by atoms with Gasteiger partial charge in [-0.15, -0.1) is 0 Å². The maximum absolute atomic E-state index is 5.62. The molecule has 0 bridgehead atoms. The molecular formula is C9H11N7. The quantitative estimate of drug-likeness (QED) is 0.763. The van der Waals surface area contributed by atoms with Crippen molar-refractivity contribution in [2.24, 2.45) is 0 Å². The Morgan fingerprint density at radius 3 is 2.88 bits per heavy atom. The molecule has 0 saturated heterocycles. The van der Waals surface area contributed by atoms with Crippen LogP contribution in [0.5, 0.6) is 0 Å². The van der Waals surface area contributed by atoms with Crippen molar-refractivity contribution in [2.75, 3.05) is 11.1 Å². The first-order valence-corrected chi connectivity index (χ1v) is 5.09. The second kappa shape index (κ2) is 3.44. The summed E-state index contributed by atoms with van der Waals surface area (Å²) < 4.78 is 1.55. The van der Waals surface area contributed by atoms with E-state index < -0.39 is 0 Å². The predicted octanol–water partition coefficient (Wildman–Crippen LogP) is 0.214. The van der Waals surface area contributed by atoms with Crippen LogP contribution in [0.2, 0.25) is 0 Å². The first kappa shape index (κ1) is 9.08. The Balaban J connectivity index is 1.95. The van der Waals surface area contributed by atoms with Gasteiger partial charge in [-0.05, 0) is 18.9 Å². The van der Waals surface area contributed by atoms with Crippen molar-refractivity contribution in [1.29, 1.82) is 0 Å². The Hall–Kier alpha value is -2.18. The molecular weight excluding hydrogens is 206 g/mol. The summed E-state index contributed by atoms with van der Waals surface area (Å²) in [7, 11) is 0. The third kappa shape index (κ3) is 1.79. The van der Waals surface area contributed by atoms with Crippen molar-refractivity contribution in [2.45, 2.75) is 18.9 Å². The molecule has 2 aromatic heterocycles. The molecule has 0 radical (unpaired) electrons. The maximum Gasteiger partial charge on any atom is 0.257 e. The SMILES string of the molecule is Nc1nc(NC2CC2)nc(-n2cccn2)n1. The van der Waals surface area contributed by atoms with Crippen LogP contribution in [0.15, 0.2) is 18.5 Å². The molecule has 0 aliphatic heterocycles. The average Bonchev–Trinajstić information content (AvgIpc) is 2.90. The van der Waals surface area contributed by atoms with Crippen LogP contribution in [0.25, 0.3) is 5.95 Å². The molecule has 1 aliphatic carbocycles. The van der Waals surface area contributed by atoms with E-state index in [1.807, 2.05) is 0 Å². The molecule has 16 heavy (non-hydrogen) atoms. The average molecular weight is 217 g/mol. The Bertz CT molecular complexity index is 489. The standard InChI is InChI=1S/C9H11N7/c10-7-13-8(12-6-2-3-6)15-9(14-7)16-5-1-4-11-16/h1,4-6H,2-3H2,(H3,10,12,13,14,15). The molecule has 0 atom stereocenters. The fourth-order valence-corrected chi connectivity index (χ4v) is 1.35. The fourth-order valence-electron chi connectivity index (χ4n) is 1.35. The second-order valence-corrected chi connectivity index (χ2v) is 3.69. The summed E-state index contributed by atoms with van der Waals surface area (Å²) in [4.78, 5) is 12.3. The van der Waals surface area contributed by atoms with Gasteiger partial charge in [0.25, 0.3) is 5.95 Å². The molecule has 1 aliphatic rings. The van der Waals surface area contributed by atoms with Crippen LogP contribution < -0.4 is 11.1 Å². The van der Waals surface area contributed by atoms with E-state index in [4.69, 9.17) is 5.73 Å². The lowest BCUT2D eigenvalue weighted by Crippen LogP contribution is -2.12. The van der Waals surface area contributed by atoms with Crippen LogP contribution in [-0.4, -0.2) is 30.8 Å². The fraction of sp³-hybridized carbons (Fsp3) is 0.333. The van der Waals surface area contributed by atoms with E-state index in [1.54, 1.807) is 23.1 Å². The third-order valence-corrected chi connectivity index (χ3v) is 2.26. The molecule has 3 rings (SSSR count). The number of rotatable bonds is 3. The van der Waals surface area contributed by atoms with Crippen LogP contribution >= 0.6 is 0 Å². The summed E-state index contributed by atoms with van der Waals surface area (Å²) in [5.41, 5.74) is 5.62. The van der Waals surface area contributed by atoms with Gasteiger partial charge in [0.05, 0.1) is 0 Å². The Morgan fingerprint density at radius 2 is 2.19 bits per heavy atom. The molecule has 2 aromatic rings. The summed E-state index contributed by atoms with van der Waals surface area (Å²) in [6.45, 7) is 0. The zero-order valence-corrected chi connectivity index (χ0v) is 8.54. The first-order chi connectivity index (χ1) is 7.81. The molecule has 7 heteroatoms. The summed E-state index contributed by atoms with van der Waals surface area (Å²) in [5, 5.41) is 7.22. The number of hydrogen-bond acceptors (Lipinski definition) is 6. The van der Waals surface area contributed by atoms with Gasteiger partial charge < -0.3 is 11.1 Å². The molecule has 0 amide bonds. The molecule has 2 heterocycles. The van der Waals surface area contributed by atoms with Crippen molar-refractivity contribution in [3.05, 3.63) is 18.5 Å². The minimum absolute atomic E-state index is 0.198. The lowest BCUT2D eigenvalue weighted by atomic mass is 10.7. The summed E-state index contributed by atoms with van der Waals surface area (Å²) in [6, 6.07) is 2.28. The number of aromatic nitrogens is 5. The highest BCUT2D eigenvalue weighted by molar-refractivity contribution is 5.36. The van der Waals surface area contributed by atoms with E-state index in [2.05, 4.69) is 25.4 Å². The molecule has 0 unspecified atom stereocenters. The smallest absolute Gasteiger partial charge is 0.257 e. The van der Waals surface area contributed by atoms with Gasteiger partial charge in [0, 0.05) is 18.4 Å². The number of nitrogens with one attached hydrogen (secondary N) is 1. The van der Waals surface area contributed by atoms with E-state index >= 15 is 0 Å². The van der Waals surface area contributed by atoms with E-state index in [0.29, 0.717) is 17.9 Å². The van der Waals surface area contributed by atoms with Crippen LogP contribution in [0.4, 0.5) is 11.9 Å². The Kier molecular flexibility index (Phi) is 1.95. The minimum atomic E-state index is 0.198. The molecule has 1 fully saturated rings. The van der Waals surface area contributed by atoms with Gasteiger partial charge in [0.15, 0.2) is 0 Å². The number of nitrogens with zero attached hydrogens (tertiary/aromatic N) is 5. The molecule has 3 N–H and O–H groups in total. The minimum Gasteiger partial charge on any atom is -0.368 e. The molecule has 1 saturated carbocycles. The molecule has 82 valence electrons. The van der Waals surface area contributed by atoms with E-state index in [-0.39, 0.29) is 5.95 Å². The molecule has 7 nitrogen and oxygen atoms in total. The number of anilines is 2. The first-order valence-electron chi connectivity index (χ1n) is 5.09. The second-order valence-electron chi connectivity index (χ2n) is 3.69. The third-order valence-electron chi connectivity index (χ3n) is 2.26. The zero-order valence-electron chi connectivity index (χ0n) is 8.54. The molecule has 0 spiro atoms. The highest BCUT2D eigenvalue weighted by Gasteiger charge is 2.22. The largest absolute Gasteiger partial charge is 0.368 e. The van der Waals surface area contributed by atoms with Crippen molar-refractivity contribution < 1.29 is 0 Å². The summed E-state index contributed by atoms with van der Waals surface area (Å²) in [5.74, 6) is 1.14. The highest BCUT2D eigenvalue weighted by Crippen LogP contribution is 2.23. The van der Waals surface area contributed by atoms with Crippen molar-refractivity contribution in [1.82, 2.24) is 24.7 Å². The van der Waals surface area contributed by atoms with E-state index in [1.165, 1.54) is 0 Å². The van der Waals surface area contributed by atoms with Gasteiger partial charge in [-0.25, -0.2) is 4.68 Å². The van der Waals surface area contributed by atoms with Gasteiger partial charge in [-0.3, -0.25) is 0 Å². The summed E-state index contributed by atoms with van der Waals surface area (Å²) >= 11 is 0. The van der Waals surface area contributed by atoms with Gasteiger partial charge in [-0.2, -0.15) is 20.1 Å². The van der Waals surface area contributed by atoms with Crippen molar-refractivity contribution in [3.8, 4) is 5.95 Å². The van der Waals surface area contributed by atoms with Gasteiger partial charge in [0.2, 0.25) is 11.9 Å². The monoisotopic (exact) mass is 217 g/mol. The lowest BCUT2D eigenvalue weighted by molar-refractivity contribution is 0.798. The van der Waals surface area contributed by atoms with Crippen LogP contribution in [0.1, 0.15) is 12.8 Å². The normalized spacial score (nSPS) is 15.0. The lowest BCUT2D eigenvalue weighted by Gasteiger charge is -2.05.